The summed E-state index contributed by atoms with van der Waals surface area (Å²) in [4.78, 5) is 44.7. The highest BCUT2D eigenvalue weighted by atomic mass is 35.5. The van der Waals surface area contributed by atoms with E-state index in [-0.39, 0.29) is 18.2 Å². The Labute approximate surface area is 382 Å². The molecule has 0 unspecified atom stereocenters. The number of nitrogens with one attached hydrogen (secondary N) is 1. The van der Waals surface area contributed by atoms with Crippen molar-refractivity contribution >= 4 is 54.7 Å². The number of rotatable bonds is 32. The van der Waals surface area contributed by atoms with Gasteiger partial charge in [-0.3, -0.25) is 14.6 Å². The maximum absolute atomic E-state index is 14.0. The number of nitrogens with zero attached hydrogens (tertiary/aromatic N) is 3. The lowest BCUT2D eigenvalue weighted by Crippen LogP contribution is -2.45. The Balaban J connectivity index is 0.852. The molecule has 2 aliphatic rings. The van der Waals surface area contributed by atoms with Crippen LogP contribution in [0.5, 0.6) is 11.5 Å². The Kier molecular flexibility index (Phi) is 22.3. The van der Waals surface area contributed by atoms with Gasteiger partial charge < -0.3 is 57.8 Å². The molecule has 0 spiro atoms. The molecular weight excluding hydrogens is 872 g/mol. The monoisotopic (exact) mass is 934 g/mol. The first-order valence-electron chi connectivity index (χ1n) is 21.9. The van der Waals surface area contributed by atoms with E-state index in [1.165, 1.54) is 19.0 Å². The van der Waals surface area contributed by atoms with Crippen molar-refractivity contribution in [2.45, 2.75) is 57.3 Å². The number of pyridine rings is 1. The quantitative estimate of drug-likeness (QED) is 0.0513. The predicted octanol–water partition coefficient (Wildman–Crippen LogP) is 6.56. The van der Waals surface area contributed by atoms with Crippen molar-refractivity contribution in [1.82, 2.24) is 10.3 Å². The Bertz CT molecular complexity index is 1840. The van der Waals surface area contributed by atoms with Gasteiger partial charge >= 0.3 is 0 Å². The molecule has 1 aliphatic carbocycles. The lowest BCUT2D eigenvalue weighted by Gasteiger charge is -2.38. The van der Waals surface area contributed by atoms with Gasteiger partial charge in [0.05, 0.1) is 102 Å². The third-order valence-electron chi connectivity index (χ3n) is 10.1. The van der Waals surface area contributed by atoms with Crippen LogP contribution >= 0.6 is 23.2 Å². The topological polar surface area (TPSA) is 160 Å². The third kappa shape index (κ3) is 18.6. The average molecular weight is 936 g/mol. The molecule has 1 saturated carbocycles. The Morgan fingerprint density at radius 2 is 1.32 bits per heavy atom. The summed E-state index contributed by atoms with van der Waals surface area (Å²) in [5.74, 6) is 0.251. The van der Waals surface area contributed by atoms with E-state index in [0.29, 0.717) is 151 Å². The van der Waals surface area contributed by atoms with Gasteiger partial charge in [-0.15, -0.1) is 0 Å². The highest BCUT2D eigenvalue weighted by molar-refractivity contribution is 6.69. The molecular formula is C45H64Cl2N4O11Si. The molecule has 0 bridgehead atoms. The van der Waals surface area contributed by atoms with Gasteiger partial charge in [-0.25, -0.2) is 0 Å². The van der Waals surface area contributed by atoms with Crippen molar-refractivity contribution in [2.75, 3.05) is 122 Å². The number of halogens is 2. The van der Waals surface area contributed by atoms with Crippen LogP contribution in [0, 0.1) is 0 Å². The summed E-state index contributed by atoms with van der Waals surface area (Å²) in [6.45, 7) is 12.2. The van der Waals surface area contributed by atoms with E-state index in [2.05, 4.69) is 21.3 Å². The van der Waals surface area contributed by atoms with Crippen LogP contribution in [0.2, 0.25) is 29.2 Å². The summed E-state index contributed by atoms with van der Waals surface area (Å²) in [7, 11) is -1.98. The van der Waals surface area contributed by atoms with E-state index in [1.54, 1.807) is 29.3 Å². The second kappa shape index (κ2) is 27.8. The number of para-hydroxylation sites is 2. The zero-order chi connectivity index (χ0) is 44.7. The van der Waals surface area contributed by atoms with Crippen molar-refractivity contribution in [3.8, 4) is 11.5 Å². The van der Waals surface area contributed by atoms with Gasteiger partial charge in [-0.1, -0.05) is 35.3 Å². The van der Waals surface area contributed by atoms with Crippen LogP contribution in [0.4, 0.5) is 11.4 Å². The maximum atomic E-state index is 14.0. The summed E-state index contributed by atoms with van der Waals surface area (Å²) >= 11 is 13.3. The Morgan fingerprint density at radius 1 is 0.746 bits per heavy atom. The fourth-order valence-electron chi connectivity index (χ4n) is 6.72. The van der Waals surface area contributed by atoms with Gasteiger partial charge in [-0.05, 0) is 74.7 Å². The second-order valence-electron chi connectivity index (χ2n) is 15.8. The molecule has 5 rings (SSSR count). The third-order valence-corrected chi connectivity index (χ3v) is 12.3. The number of aryl methyl sites for hydroxylation is 1. The van der Waals surface area contributed by atoms with Gasteiger partial charge in [0, 0.05) is 62.2 Å². The number of amides is 2. The lowest BCUT2D eigenvalue weighted by molar-refractivity contribution is -0.121. The molecule has 3 aromatic rings. The Morgan fingerprint density at radius 3 is 1.90 bits per heavy atom. The molecule has 1 fully saturated rings. The summed E-state index contributed by atoms with van der Waals surface area (Å²) in [5.41, 5.74) is 2.94. The minimum atomic E-state index is -1.98. The van der Waals surface area contributed by atoms with Crippen LogP contribution < -0.4 is 19.9 Å². The minimum Gasteiger partial charge on any atom is -0.455 e. The summed E-state index contributed by atoms with van der Waals surface area (Å²) in [6, 6.07) is 14.3. The number of hydrogen-bond donors (Lipinski definition) is 2. The first-order valence-corrected chi connectivity index (χ1v) is 25.8. The van der Waals surface area contributed by atoms with Crippen LogP contribution in [-0.2, 0) is 44.4 Å². The first kappa shape index (κ1) is 50.6. The van der Waals surface area contributed by atoms with Crippen molar-refractivity contribution in [3.05, 3.63) is 76.0 Å². The van der Waals surface area contributed by atoms with Gasteiger partial charge in [-0.2, -0.15) is 0 Å². The molecule has 15 nitrogen and oxygen atoms in total. The van der Waals surface area contributed by atoms with Gasteiger partial charge in [0.2, 0.25) is 5.91 Å². The van der Waals surface area contributed by atoms with E-state index < -0.39 is 8.32 Å². The number of carbonyl (C=O) groups is 2. The van der Waals surface area contributed by atoms with E-state index in [1.807, 2.05) is 31.3 Å². The maximum Gasteiger partial charge on any atom is 0.263 e. The van der Waals surface area contributed by atoms with Crippen LogP contribution in [0.25, 0.3) is 0 Å². The molecule has 2 aromatic carbocycles. The molecule has 63 heavy (non-hydrogen) atoms. The van der Waals surface area contributed by atoms with Crippen molar-refractivity contribution < 1.29 is 52.3 Å². The summed E-state index contributed by atoms with van der Waals surface area (Å²) in [6.07, 6.45) is 6.87. The number of anilines is 2. The van der Waals surface area contributed by atoms with E-state index in [0.717, 1.165) is 30.4 Å². The molecule has 18 heteroatoms. The molecule has 2 N–H and O–H groups in total. The normalized spacial score (nSPS) is 13.9. The predicted molar refractivity (Wildman–Crippen MR) is 245 cm³/mol. The number of carbonyl (C=O) groups excluding carboxylic acids is 2. The molecule has 0 saturated heterocycles. The highest BCUT2D eigenvalue weighted by Gasteiger charge is 2.36. The zero-order valence-corrected chi connectivity index (χ0v) is 39.2. The van der Waals surface area contributed by atoms with Gasteiger partial charge in [0.1, 0.15) is 17.1 Å². The zero-order valence-electron chi connectivity index (χ0n) is 36.7. The molecule has 1 aliphatic heterocycles. The van der Waals surface area contributed by atoms with Gasteiger partial charge in [0.25, 0.3) is 5.91 Å². The van der Waals surface area contributed by atoms with E-state index in [9.17, 15) is 14.4 Å². The van der Waals surface area contributed by atoms with E-state index in [4.69, 9.17) is 61.1 Å². The van der Waals surface area contributed by atoms with Gasteiger partial charge in [0.15, 0.2) is 8.32 Å². The number of ether oxygens (including phenoxy) is 8. The SMILES string of the molecule is C[Si](C)(O)CCCOCCOCCOCCOCCOCCOCCOCCNC(=O)CCc1cc(Cl)c(Oc2ccncc2C(=O)N2CCN(C3CC3)c3ccccc32)cc1Cl. The molecule has 2 amide bonds. The first-order chi connectivity index (χ1) is 30.6. The van der Waals surface area contributed by atoms with Crippen LogP contribution in [-0.4, -0.2) is 148 Å². The molecule has 0 atom stereocenters. The largest absolute Gasteiger partial charge is 0.455 e. The molecule has 2 heterocycles. The number of benzene rings is 2. The summed E-state index contributed by atoms with van der Waals surface area (Å²) in [5, 5.41) is 3.55. The minimum absolute atomic E-state index is 0.144. The van der Waals surface area contributed by atoms with Crippen LogP contribution in [0.3, 0.4) is 0 Å². The van der Waals surface area contributed by atoms with Crippen LogP contribution in [0.1, 0.15) is 41.6 Å². The molecule has 348 valence electrons. The lowest BCUT2D eigenvalue weighted by atomic mass is 10.1. The molecule has 1 aromatic heterocycles. The van der Waals surface area contributed by atoms with Crippen LogP contribution in [0.15, 0.2) is 54.9 Å². The highest BCUT2D eigenvalue weighted by Crippen LogP contribution is 2.41. The fourth-order valence-corrected chi connectivity index (χ4v) is 8.21. The second-order valence-corrected chi connectivity index (χ2v) is 20.7. The van der Waals surface area contributed by atoms with E-state index >= 15 is 0 Å². The average Bonchev–Trinajstić information content (AvgIpc) is 4.12. The molecule has 0 radical (unpaired) electrons. The fraction of sp³-hybridized carbons (Fsp3) is 0.578. The number of hydrogen-bond acceptors (Lipinski definition) is 13. The van der Waals surface area contributed by atoms with Crippen molar-refractivity contribution in [1.29, 1.82) is 0 Å². The number of fused-ring (bicyclic) bond motifs is 1. The standard InChI is InChI=1S/C45H64Cl2N4O11Si/c1-63(2,54)31-5-17-55-19-21-57-23-25-59-27-29-61-30-28-60-26-24-58-22-20-56-18-14-49-44(52)11-8-35-32-39(47)43(33-38(35)46)62-42-12-13-48-34-37(42)45(53)51-16-15-50(36-9-10-36)40-6-3-4-7-41(40)51/h3-4,6-7,12-13,32-34,36,54H,5,8-11,14-31H2,1-2H3,(H,49,52). The summed E-state index contributed by atoms with van der Waals surface area (Å²) < 4.78 is 44.8. The Hall–Kier alpha value is -3.39. The van der Waals surface area contributed by atoms with Crippen molar-refractivity contribution in [2.24, 2.45) is 0 Å². The smallest absolute Gasteiger partial charge is 0.263 e. The number of aromatic nitrogens is 1. The van der Waals surface area contributed by atoms with Crippen molar-refractivity contribution in [3.63, 3.8) is 0 Å².